The van der Waals surface area contributed by atoms with Gasteiger partial charge in [-0.2, -0.15) is 8.42 Å². The van der Waals surface area contributed by atoms with Gasteiger partial charge >= 0.3 is 0 Å². The molecule has 0 bridgehead atoms. The molecule has 25 heavy (non-hydrogen) atoms. The molecule has 1 N–H and O–H groups in total. The second-order valence-electron chi connectivity index (χ2n) is 6.89. The minimum atomic E-state index is -4.17. The summed E-state index contributed by atoms with van der Waals surface area (Å²) in [5, 5.41) is 0. The second kappa shape index (κ2) is 11.5. The first kappa shape index (κ1) is 22.0. The van der Waals surface area contributed by atoms with Crippen LogP contribution in [0.1, 0.15) is 82.3 Å². The summed E-state index contributed by atoms with van der Waals surface area (Å²) in [6.45, 7) is 6.49. The van der Waals surface area contributed by atoms with Gasteiger partial charge in [0.1, 0.15) is 5.75 Å². The lowest BCUT2D eigenvalue weighted by Gasteiger charge is -2.13. The second-order valence-corrected chi connectivity index (χ2v) is 8.31. The van der Waals surface area contributed by atoms with E-state index in [4.69, 9.17) is 9.29 Å². The molecule has 1 rings (SSSR count). The van der Waals surface area contributed by atoms with Gasteiger partial charge in [0.15, 0.2) is 0 Å². The summed E-state index contributed by atoms with van der Waals surface area (Å²) in [5.74, 6) is 0.725. The van der Waals surface area contributed by atoms with Gasteiger partial charge < -0.3 is 4.74 Å². The molecule has 4 nitrogen and oxygen atoms in total. The molecule has 0 aliphatic carbocycles. The molecule has 0 atom stereocenters. The van der Waals surface area contributed by atoms with Gasteiger partial charge in [0.25, 0.3) is 10.1 Å². The molecule has 0 radical (unpaired) electrons. The van der Waals surface area contributed by atoms with Crippen molar-refractivity contribution in [2.75, 3.05) is 6.61 Å². The molecule has 0 aromatic heterocycles. The lowest BCUT2D eigenvalue weighted by Crippen LogP contribution is -2.04. The molecule has 0 fully saturated rings. The smallest absolute Gasteiger partial charge is 0.294 e. The topological polar surface area (TPSA) is 63.6 Å². The van der Waals surface area contributed by atoms with Crippen molar-refractivity contribution in [3.05, 3.63) is 23.3 Å². The van der Waals surface area contributed by atoms with Gasteiger partial charge in [0.2, 0.25) is 0 Å². The highest BCUT2D eigenvalue weighted by Gasteiger charge is 2.14. The van der Waals surface area contributed by atoms with E-state index in [1.807, 2.05) is 0 Å². The van der Waals surface area contributed by atoms with Gasteiger partial charge in [-0.15, -0.1) is 0 Å². The van der Waals surface area contributed by atoms with E-state index in [0.717, 1.165) is 29.7 Å². The van der Waals surface area contributed by atoms with Crippen molar-refractivity contribution in [3.63, 3.8) is 0 Å². The average molecular weight is 371 g/mol. The summed E-state index contributed by atoms with van der Waals surface area (Å²) in [7, 11) is -4.17. The monoisotopic (exact) mass is 370 g/mol. The van der Waals surface area contributed by atoms with Crippen LogP contribution in [0.25, 0.3) is 0 Å². The minimum Gasteiger partial charge on any atom is -0.493 e. The molecule has 0 aliphatic heterocycles. The summed E-state index contributed by atoms with van der Waals surface area (Å²) in [6.07, 6.45) is 12.8. The Labute approximate surface area is 153 Å². The van der Waals surface area contributed by atoms with Gasteiger partial charge in [0.05, 0.1) is 11.5 Å². The van der Waals surface area contributed by atoms with Gasteiger partial charge in [-0.25, -0.2) is 0 Å². The molecule has 5 heteroatoms. The Balaban J connectivity index is 2.22. The predicted octanol–water partition coefficient (Wildman–Crippen LogP) is 5.85. The first-order chi connectivity index (χ1) is 11.9. The molecule has 0 saturated carbocycles. The molecule has 144 valence electrons. The first-order valence-electron chi connectivity index (χ1n) is 9.57. The van der Waals surface area contributed by atoms with Crippen LogP contribution in [0.4, 0.5) is 0 Å². The van der Waals surface area contributed by atoms with Crippen LogP contribution in [0.3, 0.4) is 0 Å². The molecular weight excluding hydrogens is 336 g/mol. The van der Waals surface area contributed by atoms with Crippen LogP contribution in [0, 0.1) is 13.8 Å². The van der Waals surface area contributed by atoms with E-state index in [2.05, 4.69) is 6.92 Å². The molecule has 0 unspecified atom stereocenters. The van der Waals surface area contributed by atoms with E-state index in [1.54, 1.807) is 13.8 Å². The van der Waals surface area contributed by atoms with Crippen LogP contribution in [0.2, 0.25) is 0 Å². The highest BCUT2D eigenvalue weighted by Crippen LogP contribution is 2.27. The van der Waals surface area contributed by atoms with Crippen molar-refractivity contribution in [1.29, 1.82) is 0 Å². The number of hydrogen-bond donors (Lipinski definition) is 1. The largest absolute Gasteiger partial charge is 0.493 e. The summed E-state index contributed by atoms with van der Waals surface area (Å²) in [6, 6.07) is 2.91. The predicted molar refractivity (Wildman–Crippen MR) is 103 cm³/mol. The van der Waals surface area contributed by atoms with E-state index in [-0.39, 0.29) is 4.90 Å². The molecule has 0 heterocycles. The minimum absolute atomic E-state index is 0.0752. The van der Waals surface area contributed by atoms with Gasteiger partial charge in [-0.1, -0.05) is 64.7 Å². The molecule has 0 spiro atoms. The maximum Gasteiger partial charge on any atom is 0.294 e. The lowest BCUT2D eigenvalue weighted by atomic mass is 10.1. The fourth-order valence-corrected chi connectivity index (χ4v) is 3.70. The normalized spacial score (nSPS) is 11.7. The number of rotatable bonds is 13. The molecular formula is C20H34O4S. The molecule has 1 aromatic rings. The van der Waals surface area contributed by atoms with E-state index in [9.17, 15) is 8.42 Å². The highest BCUT2D eigenvalue weighted by atomic mass is 32.2. The summed E-state index contributed by atoms with van der Waals surface area (Å²) >= 11 is 0. The third-order valence-electron chi connectivity index (χ3n) is 4.48. The third kappa shape index (κ3) is 8.73. The third-order valence-corrected chi connectivity index (χ3v) is 5.31. The zero-order chi connectivity index (χ0) is 18.7. The quantitative estimate of drug-likeness (QED) is 0.349. The van der Waals surface area contributed by atoms with Crippen molar-refractivity contribution in [2.45, 2.75) is 89.9 Å². The average Bonchev–Trinajstić information content (AvgIpc) is 2.53. The number of hydrogen-bond acceptors (Lipinski definition) is 3. The van der Waals surface area contributed by atoms with Gasteiger partial charge in [-0.05, 0) is 43.5 Å². The van der Waals surface area contributed by atoms with Gasteiger partial charge in [-0.3, -0.25) is 4.55 Å². The van der Waals surface area contributed by atoms with E-state index < -0.39 is 10.1 Å². The summed E-state index contributed by atoms with van der Waals surface area (Å²) < 4.78 is 37.4. The lowest BCUT2D eigenvalue weighted by molar-refractivity contribution is 0.300. The number of benzene rings is 1. The van der Waals surface area contributed by atoms with Crippen LogP contribution >= 0.6 is 0 Å². The maximum atomic E-state index is 11.2. The van der Waals surface area contributed by atoms with E-state index >= 15 is 0 Å². The van der Waals surface area contributed by atoms with Crippen LogP contribution in [-0.4, -0.2) is 19.6 Å². The van der Waals surface area contributed by atoms with Crippen molar-refractivity contribution in [3.8, 4) is 5.75 Å². The Bertz CT molecular complexity index is 585. The molecule has 0 aliphatic rings. The maximum absolute atomic E-state index is 11.2. The van der Waals surface area contributed by atoms with Gasteiger partial charge in [0, 0.05) is 0 Å². The number of unbranched alkanes of at least 4 members (excludes halogenated alkanes) is 9. The van der Waals surface area contributed by atoms with E-state index in [0.29, 0.717) is 6.61 Å². The Hall–Kier alpha value is -1.07. The number of ether oxygens (including phenoxy) is 1. The zero-order valence-electron chi connectivity index (χ0n) is 16.0. The fourth-order valence-electron chi connectivity index (χ4n) is 3.05. The molecule has 1 aromatic carbocycles. The van der Waals surface area contributed by atoms with Crippen LogP contribution < -0.4 is 4.74 Å². The van der Waals surface area contributed by atoms with Crippen molar-refractivity contribution in [2.24, 2.45) is 0 Å². The zero-order valence-corrected chi connectivity index (χ0v) is 16.8. The van der Waals surface area contributed by atoms with Crippen molar-refractivity contribution in [1.82, 2.24) is 0 Å². The first-order valence-corrected chi connectivity index (χ1v) is 11.0. The Kier molecular flexibility index (Phi) is 10.1. The standard InChI is InChI=1S/C20H34O4S/c1-4-5-6-7-8-9-10-11-12-13-14-24-20-17(2)15-19(16-18(20)3)25(21,22)23/h15-16H,4-14H2,1-3H3,(H,21,22,23). The Morgan fingerprint density at radius 1 is 0.840 bits per heavy atom. The van der Waals surface area contributed by atoms with Crippen LogP contribution in [0.15, 0.2) is 17.0 Å². The van der Waals surface area contributed by atoms with E-state index in [1.165, 1.54) is 63.5 Å². The van der Waals surface area contributed by atoms with Crippen molar-refractivity contribution < 1.29 is 17.7 Å². The Morgan fingerprint density at radius 3 is 1.72 bits per heavy atom. The molecule has 0 amide bonds. The van der Waals surface area contributed by atoms with Crippen LogP contribution in [-0.2, 0) is 10.1 Å². The van der Waals surface area contributed by atoms with Crippen LogP contribution in [0.5, 0.6) is 5.75 Å². The molecule has 0 saturated heterocycles. The van der Waals surface area contributed by atoms with Crippen molar-refractivity contribution >= 4 is 10.1 Å². The summed E-state index contributed by atoms with van der Waals surface area (Å²) in [4.78, 5) is -0.0752. The summed E-state index contributed by atoms with van der Waals surface area (Å²) in [5.41, 5.74) is 1.47. The fraction of sp³-hybridized carbons (Fsp3) is 0.700. The number of aryl methyl sites for hydroxylation is 2. The highest BCUT2D eigenvalue weighted by molar-refractivity contribution is 7.85. The SMILES string of the molecule is CCCCCCCCCCCCOc1c(C)cc(S(=O)(=O)O)cc1C. The Morgan fingerprint density at radius 2 is 1.28 bits per heavy atom.